The van der Waals surface area contributed by atoms with Crippen molar-refractivity contribution in [2.45, 2.75) is 13.8 Å². The first kappa shape index (κ1) is 21.8. The number of carbonyl (C=O) groups excluding carboxylic acids is 2. The van der Waals surface area contributed by atoms with Crippen LogP contribution in [0.1, 0.15) is 19.5 Å². The Labute approximate surface area is 180 Å². The van der Waals surface area contributed by atoms with Gasteiger partial charge in [0.2, 0.25) is 11.8 Å². The smallest absolute Gasteiger partial charge is 0.290 e. The molecule has 3 rings (SSSR count). The summed E-state index contributed by atoms with van der Waals surface area (Å²) < 4.78 is 5.90. The molecular weight excluding hydrogens is 402 g/mol. The van der Waals surface area contributed by atoms with Crippen LogP contribution in [0.2, 0.25) is 0 Å². The Hall–Kier alpha value is -2.91. The Kier molecular flexibility index (Phi) is 7.42. The number of para-hydroxylation sites is 1. The van der Waals surface area contributed by atoms with Crippen LogP contribution in [0.5, 0.6) is 11.6 Å². The lowest BCUT2D eigenvalue weighted by Crippen LogP contribution is -2.33. The number of imide groups is 1. The number of amides is 2. The molecule has 1 saturated heterocycles. The minimum atomic E-state index is -0.425. The van der Waals surface area contributed by atoms with Crippen molar-refractivity contribution in [1.82, 2.24) is 20.2 Å². The lowest BCUT2D eigenvalue weighted by molar-refractivity contribution is -0.115. The number of hydrogen-bond acceptors (Lipinski definition) is 8. The van der Waals surface area contributed by atoms with Gasteiger partial charge >= 0.3 is 0 Å². The number of thioether (sulfide) groups is 1. The molecule has 0 atom stereocenters. The Balaban J connectivity index is 1.88. The van der Waals surface area contributed by atoms with E-state index < -0.39 is 11.1 Å². The third-order valence-corrected chi connectivity index (χ3v) is 5.40. The van der Waals surface area contributed by atoms with E-state index in [1.165, 1.54) is 0 Å². The number of benzene rings is 1. The Morgan fingerprint density at radius 3 is 2.47 bits per heavy atom. The van der Waals surface area contributed by atoms with E-state index in [9.17, 15) is 9.59 Å². The molecule has 1 aromatic carbocycles. The molecule has 1 aliphatic rings. The third kappa shape index (κ3) is 5.80. The molecule has 158 valence electrons. The van der Waals surface area contributed by atoms with E-state index in [2.05, 4.69) is 34.0 Å². The van der Waals surface area contributed by atoms with Crippen molar-refractivity contribution in [2.75, 3.05) is 38.1 Å². The van der Waals surface area contributed by atoms with Crippen molar-refractivity contribution in [3.05, 3.63) is 47.0 Å². The van der Waals surface area contributed by atoms with Gasteiger partial charge in [-0.25, -0.2) is 4.98 Å². The van der Waals surface area contributed by atoms with Gasteiger partial charge in [-0.2, -0.15) is 4.98 Å². The standard InChI is InChI=1S/C21H25N5O3S/c1-4-26(5-2)12-11-25(3)20-22-15(13-17-19(27)24-21(28)30-17)14-18(23-20)29-16-9-7-6-8-10-16/h6-10,13-14H,4-5,11-12H2,1-3H3,(H,24,27,28)/b17-13+. The van der Waals surface area contributed by atoms with Crippen LogP contribution in [0.4, 0.5) is 10.7 Å². The lowest BCUT2D eigenvalue weighted by atomic mass is 10.3. The van der Waals surface area contributed by atoms with Gasteiger partial charge in [-0.1, -0.05) is 32.0 Å². The van der Waals surface area contributed by atoms with E-state index in [1.807, 2.05) is 42.3 Å². The first-order chi connectivity index (χ1) is 14.5. The topological polar surface area (TPSA) is 87.7 Å². The summed E-state index contributed by atoms with van der Waals surface area (Å²) in [6.07, 6.45) is 1.58. The van der Waals surface area contributed by atoms with E-state index in [4.69, 9.17) is 4.74 Å². The summed E-state index contributed by atoms with van der Waals surface area (Å²) in [7, 11) is 1.92. The maximum Gasteiger partial charge on any atom is 0.290 e. The molecule has 0 aliphatic carbocycles. The van der Waals surface area contributed by atoms with Crippen molar-refractivity contribution in [3.8, 4) is 11.6 Å². The van der Waals surface area contributed by atoms with Crippen molar-refractivity contribution >= 4 is 34.9 Å². The van der Waals surface area contributed by atoms with Gasteiger partial charge in [0.25, 0.3) is 11.1 Å². The predicted octanol–water partition coefficient (Wildman–Crippen LogP) is 3.37. The Bertz CT molecular complexity index is 931. The molecule has 2 heterocycles. The monoisotopic (exact) mass is 427 g/mol. The number of aromatic nitrogens is 2. The highest BCUT2D eigenvalue weighted by Gasteiger charge is 2.25. The maximum absolute atomic E-state index is 11.9. The Morgan fingerprint density at radius 1 is 1.10 bits per heavy atom. The van der Waals surface area contributed by atoms with Crippen LogP contribution < -0.4 is 15.0 Å². The fourth-order valence-corrected chi connectivity index (χ4v) is 3.49. The summed E-state index contributed by atoms with van der Waals surface area (Å²) in [6, 6.07) is 11.0. The van der Waals surface area contributed by atoms with E-state index in [0.29, 0.717) is 28.2 Å². The zero-order valence-corrected chi connectivity index (χ0v) is 18.1. The van der Waals surface area contributed by atoms with E-state index in [-0.39, 0.29) is 0 Å². The summed E-state index contributed by atoms with van der Waals surface area (Å²) in [5, 5.41) is 1.86. The molecule has 9 heteroatoms. The zero-order valence-electron chi connectivity index (χ0n) is 17.3. The third-order valence-electron chi connectivity index (χ3n) is 4.58. The average Bonchev–Trinajstić information content (AvgIpc) is 3.05. The van der Waals surface area contributed by atoms with Crippen LogP contribution in [0.15, 0.2) is 41.3 Å². The zero-order chi connectivity index (χ0) is 21.5. The molecular formula is C21H25N5O3S. The van der Waals surface area contributed by atoms with Crippen LogP contribution in [0.3, 0.4) is 0 Å². The largest absolute Gasteiger partial charge is 0.439 e. The highest BCUT2D eigenvalue weighted by atomic mass is 32.2. The van der Waals surface area contributed by atoms with Gasteiger partial charge in [-0.05, 0) is 43.1 Å². The lowest BCUT2D eigenvalue weighted by Gasteiger charge is -2.23. The second-order valence-electron chi connectivity index (χ2n) is 6.65. The van der Waals surface area contributed by atoms with Gasteiger partial charge in [0.05, 0.1) is 10.6 Å². The van der Waals surface area contributed by atoms with E-state index in [0.717, 1.165) is 37.9 Å². The molecule has 1 aliphatic heterocycles. The minimum absolute atomic E-state index is 0.293. The highest BCUT2D eigenvalue weighted by Crippen LogP contribution is 2.27. The molecule has 8 nitrogen and oxygen atoms in total. The summed E-state index contributed by atoms with van der Waals surface area (Å²) in [4.78, 5) is 37.0. The Morgan fingerprint density at radius 2 is 1.83 bits per heavy atom. The van der Waals surface area contributed by atoms with E-state index >= 15 is 0 Å². The molecule has 0 bridgehead atoms. The number of rotatable bonds is 9. The number of carbonyl (C=O) groups is 2. The second-order valence-corrected chi connectivity index (χ2v) is 7.66. The summed E-state index contributed by atoms with van der Waals surface area (Å²) >= 11 is 0.853. The quantitative estimate of drug-likeness (QED) is 0.610. The van der Waals surface area contributed by atoms with Gasteiger partial charge in [0.1, 0.15) is 5.75 Å². The van der Waals surface area contributed by atoms with Crippen molar-refractivity contribution in [1.29, 1.82) is 0 Å². The first-order valence-electron chi connectivity index (χ1n) is 9.78. The number of likely N-dealkylation sites (N-methyl/N-ethyl adjacent to an activating group) is 2. The predicted molar refractivity (Wildman–Crippen MR) is 119 cm³/mol. The van der Waals surface area contributed by atoms with E-state index in [1.54, 1.807) is 12.1 Å². The molecule has 2 aromatic rings. The molecule has 1 N–H and O–H groups in total. The maximum atomic E-state index is 11.9. The SMILES string of the molecule is CCN(CC)CCN(C)c1nc(/C=C2/SC(=O)NC2=O)cc(Oc2ccccc2)n1. The van der Waals surface area contributed by atoms with Gasteiger partial charge < -0.3 is 14.5 Å². The first-order valence-corrected chi connectivity index (χ1v) is 10.6. The minimum Gasteiger partial charge on any atom is -0.439 e. The normalized spacial score (nSPS) is 15.0. The number of nitrogens with zero attached hydrogens (tertiary/aromatic N) is 4. The van der Waals surface area contributed by atoms with Crippen molar-refractivity contribution < 1.29 is 14.3 Å². The van der Waals surface area contributed by atoms with Crippen LogP contribution in [-0.4, -0.2) is 59.2 Å². The fourth-order valence-electron chi connectivity index (χ4n) is 2.82. The molecule has 30 heavy (non-hydrogen) atoms. The van der Waals surface area contributed by atoms with Crippen molar-refractivity contribution in [3.63, 3.8) is 0 Å². The molecule has 1 fully saturated rings. The number of hydrogen-bond donors (Lipinski definition) is 1. The van der Waals surface area contributed by atoms with Gasteiger partial charge in [0, 0.05) is 26.2 Å². The fraction of sp³-hybridized carbons (Fsp3) is 0.333. The molecule has 2 amide bonds. The molecule has 0 spiro atoms. The summed E-state index contributed by atoms with van der Waals surface area (Å²) in [5.74, 6) is 1.07. The van der Waals surface area contributed by atoms with Crippen LogP contribution >= 0.6 is 11.8 Å². The van der Waals surface area contributed by atoms with Crippen LogP contribution in [-0.2, 0) is 4.79 Å². The number of nitrogens with one attached hydrogen (secondary N) is 1. The average molecular weight is 428 g/mol. The van der Waals surface area contributed by atoms with Gasteiger partial charge in [0.15, 0.2) is 0 Å². The molecule has 0 radical (unpaired) electrons. The summed E-state index contributed by atoms with van der Waals surface area (Å²) in [5.41, 5.74) is 0.493. The molecule has 1 aromatic heterocycles. The van der Waals surface area contributed by atoms with Crippen LogP contribution in [0, 0.1) is 0 Å². The van der Waals surface area contributed by atoms with Crippen molar-refractivity contribution in [2.24, 2.45) is 0 Å². The number of anilines is 1. The van der Waals surface area contributed by atoms with Gasteiger partial charge in [-0.15, -0.1) is 0 Å². The van der Waals surface area contributed by atoms with Gasteiger partial charge in [-0.3, -0.25) is 14.9 Å². The highest BCUT2D eigenvalue weighted by molar-refractivity contribution is 8.18. The number of ether oxygens (including phenoxy) is 1. The second kappa shape index (κ2) is 10.2. The van der Waals surface area contributed by atoms with Crippen LogP contribution in [0.25, 0.3) is 6.08 Å². The summed E-state index contributed by atoms with van der Waals surface area (Å²) in [6.45, 7) is 7.81. The molecule has 0 unspecified atom stereocenters. The molecule has 0 saturated carbocycles.